The van der Waals surface area contributed by atoms with E-state index >= 15 is 0 Å². The number of nitrogens with one attached hydrogen (secondary N) is 2. The van der Waals surface area contributed by atoms with Gasteiger partial charge in [0.15, 0.2) is 5.82 Å². The predicted molar refractivity (Wildman–Crippen MR) is 77.9 cm³/mol. The van der Waals surface area contributed by atoms with Crippen molar-refractivity contribution in [3.63, 3.8) is 0 Å². The lowest BCUT2D eigenvalue weighted by Crippen LogP contribution is -2.29. The average Bonchev–Trinajstić information content (AvgIpc) is 2.98. The Morgan fingerprint density at radius 1 is 1.57 bits per heavy atom. The number of fused-ring (bicyclic) bond motifs is 1. The zero-order valence-corrected chi connectivity index (χ0v) is 11.3. The Bertz CT molecular complexity index is 686. The Hall–Kier alpha value is -2.28. The van der Waals surface area contributed by atoms with Gasteiger partial charge >= 0.3 is 0 Å². The van der Waals surface area contributed by atoms with Crippen LogP contribution in [0.2, 0.25) is 0 Å². The van der Waals surface area contributed by atoms with Crippen molar-refractivity contribution in [2.24, 2.45) is 0 Å². The van der Waals surface area contributed by atoms with Gasteiger partial charge < -0.3 is 10.6 Å². The SMILES string of the molecule is O=[N+]([O-])c1cc(F)c(NCC2CCCN2)c2ncccc12. The Labute approximate surface area is 120 Å². The molecule has 110 valence electrons. The molecular weight excluding hydrogens is 275 g/mol. The number of hydrogen-bond acceptors (Lipinski definition) is 5. The fourth-order valence-electron chi connectivity index (χ4n) is 2.67. The van der Waals surface area contributed by atoms with Gasteiger partial charge in [0.05, 0.1) is 22.1 Å². The van der Waals surface area contributed by atoms with Gasteiger partial charge in [0.1, 0.15) is 5.52 Å². The molecule has 3 rings (SSSR count). The molecule has 1 unspecified atom stereocenters. The summed E-state index contributed by atoms with van der Waals surface area (Å²) in [6.45, 7) is 1.54. The van der Waals surface area contributed by atoms with Crippen LogP contribution < -0.4 is 10.6 Å². The summed E-state index contributed by atoms with van der Waals surface area (Å²) in [4.78, 5) is 14.5. The second-order valence-corrected chi connectivity index (χ2v) is 5.08. The Morgan fingerprint density at radius 3 is 3.14 bits per heavy atom. The van der Waals surface area contributed by atoms with Gasteiger partial charge in [-0.3, -0.25) is 15.1 Å². The van der Waals surface area contributed by atoms with Gasteiger partial charge in [0, 0.05) is 18.8 Å². The summed E-state index contributed by atoms with van der Waals surface area (Å²) in [7, 11) is 0. The van der Waals surface area contributed by atoms with E-state index in [9.17, 15) is 14.5 Å². The van der Waals surface area contributed by atoms with E-state index in [1.165, 1.54) is 6.20 Å². The highest BCUT2D eigenvalue weighted by atomic mass is 19.1. The van der Waals surface area contributed by atoms with Crippen molar-refractivity contribution in [1.82, 2.24) is 10.3 Å². The van der Waals surface area contributed by atoms with Crippen LogP contribution >= 0.6 is 0 Å². The lowest BCUT2D eigenvalue weighted by atomic mass is 10.1. The molecule has 2 heterocycles. The van der Waals surface area contributed by atoms with Crippen molar-refractivity contribution in [3.8, 4) is 0 Å². The maximum absolute atomic E-state index is 14.2. The normalized spacial score (nSPS) is 18.0. The first kappa shape index (κ1) is 13.7. The predicted octanol–water partition coefficient (Wildman–Crippen LogP) is 2.45. The van der Waals surface area contributed by atoms with E-state index in [1.807, 2.05) is 0 Å². The van der Waals surface area contributed by atoms with Gasteiger partial charge in [0.25, 0.3) is 5.69 Å². The molecule has 2 aromatic rings. The standard InChI is InChI=1S/C14H15FN4O2/c15-11-7-12(19(20)21)10-4-2-6-17-13(10)14(11)18-8-9-3-1-5-16-9/h2,4,6-7,9,16,18H,1,3,5,8H2. The molecule has 0 bridgehead atoms. The van der Waals surface area contributed by atoms with Crippen molar-refractivity contribution in [2.45, 2.75) is 18.9 Å². The Morgan fingerprint density at radius 2 is 2.43 bits per heavy atom. The van der Waals surface area contributed by atoms with E-state index in [0.29, 0.717) is 23.5 Å². The van der Waals surface area contributed by atoms with Crippen LogP contribution in [0.1, 0.15) is 12.8 Å². The number of non-ortho nitro benzene ring substituents is 1. The monoisotopic (exact) mass is 290 g/mol. The fraction of sp³-hybridized carbons (Fsp3) is 0.357. The fourth-order valence-corrected chi connectivity index (χ4v) is 2.67. The summed E-state index contributed by atoms with van der Waals surface area (Å²) in [6, 6.07) is 4.43. The van der Waals surface area contributed by atoms with E-state index < -0.39 is 10.7 Å². The third-order valence-corrected chi connectivity index (χ3v) is 3.71. The number of pyridine rings is 1. The summed E-state index contributed by atoms with van der Waals surface area (Å²) in [6.07, 6.45) is 3.64. The van der Waals surface area contributed by atoms with Gasteiger partial charge in [-0.05, 0) is 31.5 Å². The number of nitro groups is 1. The molecule has 7 heteroatoms. The van der Waals surface area contributed by atoms with Gasteiger partial charge in [0.2, 0.25) is 0 Å². The molecule has 1 aromatic carbocycles. The minimum atomic E-state index is -0.647. The van der Waals surface area contributed by atoms with E-state index in [1.54, 1.807) is 12.1 Å². The summed E-state index contributed by atoms with van der Waals surface area (Å²) in [5.41, 5.74) is 0.257. The van der Waals surface area contributed by atoms with Crippen LogP contribution in [0.5, 0.6) is 0 Å². The second-order valence-electron chi connectivity index (χ2n) is 5.08. The summed E-state index contributed by atoms with van der Waals surface area (Å²) < 4.78 is 14.2. The Kier molecular flexibility index (Phi) is 3.66. The molecule has 0 amide bonds. The van der Waals surface area contributed by atoms with Gasteiger partial charge in [-0.2, -0.15) is 0 Å². The average molecular weight is 290 g/mol. The maximum atomic E-state index is 14.2. The lowest BCUT2D eigenvalue weighted by Gasteiger charge is -2.14. The number of nitro benzene ring substituents is 1. The second kappa shape index (κ2) is 5.61. The Balaban J connectivity index is 1.99. The van der Waals surface area contributed by atoms with Crippen molar-refractivity contribution in [1.29, 1.82) is 0 Å². The van der Waals surface area contributed by atoms with Gasteiger partial charge in [-0.1, -0.05) is 0 Å². The van der Waals surface area contributed by atoms with Crippen molar-refractivity contribution in [2.75, 3.05) is 18.4 Å². The van der Waals surface area contributed by atoms with E-state index in [0.717, 1.165) is 25.5 Å². The zero-order chi connectivity index (χ0) is 14.8. The molecule has 1 atom stereocenters. The van der Waals surface area contributed by atoms with Crippen LogP contribution in [0.4, 0.5) is 15.8 Å². The van der Waals surface area contributed by atoms with Gasteiger partial charge in [-0.15, -0.1) is 0 Å². The van der Waals surface area contributed by atoms with Crippen LogP contribution in [0.3, 0.4) is 0 Å². The van der Waals surface area contributed by atoms with Crippen LogP contribution in [-0.2, 0) is 0 Å². The molecule has 2 N–H and O–H groups in total. The number of rotatable bonds is 4. The maximum Gasteiger partial charge on any atom is 0.281 e. The molecule has 1 aliphatic heterocycles. The van der Waals surface area contributed by atoms with Gasteiger partial charge in [-0.25, -0.2) is 4.39 Å². The molecule has 0 radical (unpaired) electrons. The van der Waals surface area contributed by atoms with E-state index in [4.69, 9.17) is 0 Å². The highest BCUT2D eigenvalue weighted by Crippen LogP contribution is 2.32. The van der Waals surface area contributed by atoms with E-state index in [2.05, 4.69) is 15.6 Å². The van der Waals surface area contributed by atoms with Crippen molar-refractivity contribution >= 4 is 22.3 Å². The number of anilines is 1. The molecule has 1 saturated heterocycles. The van der Waals surface area contributed by atoms with Crippen LogP contribution in [-0.4, -0.2) is 29.0 Å². The largest absolute Gasteiger partial charge is 0.379 e. The number of halogens is 1. The first-order valence-electron chi connectivity index (χ1n) is 6.85. The summed E-state index contributed by atoms with van der Waals surface area (Å²) in [5, 5.41) is 17.7. The summed E-state index contributed by atoms with van der Waals surface area (Å²) >= 11 is 0. The van der Waals surface area contributed by atoms with Crippen molar-refractivity contribution in [3.05, 3.63) is 40.3 Å². The number of nitrogens with zero attached hydrogens (tertiary/aromatic N) is 2. The lowest BCUT2D eigenvalue weighted by molar-refractivity contribution is -0.383. The molecular formula is C14H15FN4O2. The summed E-state index contributed by atoms with van der Waals surface area (Å²) in [5.74, 6) is -0.647. The minimum absolute atomic E-state index is 0.227. The van der Waals surface area contributed by atoms with Crippen LogP contribution in [0.25, 0.3) is 10.9 Å². The zero-order valence-electron chi connectivity index (χ0n) is 11.3. The molecule has 0 spiro atoms. The van der Waals surface area contributed by atoms with Crippen LogP contribution in [0.15, 0.2) is 24.4 Å². The highest BCUT2D eigenvalue weighted by Gasteiger charge is 2.21. The van der Waals surface area contributed by atoms with Crippen LogP contribution in [0, 0.1) is 15.9 Å². The minimum Gasteiger partial charge on any atom is -0.379 e. The molecule has 1 aliphatic rings. The third kappa shape index (κ3) is 2.64. The molecule has 0 saturated carbocycles. The number of aromatic nitrogens is 1. The number of hydrogen-bond donors (Lipinski definition) is 2. The molecule has 1 fully saturated rings. The third-order valence-electron chi connectivity index (χ3n) is 3.71. The topological polar surface area (TPSA) is 80.1 Å². The first-order valence-corrected chi connectivity index (χ1v) is 6.85. The first-order chi connectivity index (χ1) is 10.2. The van der Waals surface area contributed by atoms with E-state index in [-0.39, 0.29) is 11.4 Å². The molecule has 21 heavy (non-hydrogen) atoms. The number of benzene rings is 1. The smallest absolute Gasteiger partial charge is 0.281 e. The molecule has 6 nitrogen and oxygen atoms in total. The quantitative estimate of drug-likeness (QED) is 0.668. The van der Waals surface area contributed by atoms with Crippen molar-refractivity contribution < 1.29 is 9.31 Å². The highest BCUT2D eigenvalue weighted by molar-refractivity contribution is 5.97. The molecule has 0 aliphatic carbocycles. The molecule has 1 aromatic heterocycles.